The zero-order valence-electron chi connectivity index (χ0n) is 14.8. The lowest BCUT2D eigenvalue weighted by molar-refractivity contribution is -0.143. The summed E-state index contributed by atoms with van der Waals surface area (Å²) in [6.07, 6.45) is 3.57. The van der Waals surface area contributed by atoms with Crippen molar-refractivity contribution in [3.63, 3.8) is 0 Å². The van der Waals surface area contributed by atoms with Gasteiger partial charge < -0.3 is 20.8 Å². The molecular weight excluding hydrogens is 362 g/mol. The standard InChI is InChI=1S/C16H27N3O6S/c1-10(15(23)19-12(16(24)25)6-7-14(21)22)18-13(20)5-3-2-4-11-8-9-17-26-11/h10-12,17H,2-9H2,1H3,(H,18,20)(H,19,23)(H,21,22)(H,24,25). The van der Waals surface area contributed by atoms with Gasteiger partial charge in [0.25, 0.3) is 0 Å². The SMILES string of the molecule is CC(NC(=O)CCCCC1CCNS1)C(=O)NC(CCC(=O)O)C(=O)O. The van der Waals surface area contributed by atoms with Crippen LogP contribution in [-0.4, -0.2) is 57.8 Å². The fourth-order valence-electron chi connectivity index (χ4n) is 2.52. The van der Waals surface area contributed by atoms with Crippen molar-refractivity contribution in [2.45, 2.75) is 69.2 Å². The fraction of sp³-hybridized carbons (Fsp3) is 0.750. The quantitative estimate of drug-likeness (QED) is 0.240. The molecule has 0 aliphatic carbocycles. The van der Waals surface area contributed by atoms with Crippen molar-refractivity contribution in [1.29, 1.82) is 0 Å². The van der Waals surface area contributed by atoms with Crippen molar-refractivity contribution in [2.75, 3.05) is 6.54 Å². The highest BCUT2D eigenvalue weighted by atomic mass is 32.2. The van der Waals surface area contributed by atoms with Gasteiger partial charge in [-0.05, 0) is 32.6 Å². The summed E-state index contributed by atoms with van der Waals surface area (Å²) in [6, 6.07) is -2.18. The number of unbranched alkanes of at least 4 members (excludes halogenated alkanes) is 1. The van der Waals surface area contributed by atoms with E-state index >= 15 is 0 Å². The predicted octanol–water partition coefficient (Wildman–Crippen LogP) is 0.496. The summed E-state index contributed by atoms with van der Waals surface area (Å²) >= 11 is 1.74. The van der Waals surface area contributed by atoms with E-state index in [1.54, 1.807) is 11.9 Å². The summed E-state index contributed by atoms with van der Waals surface area (Å²) in [5.41, 5.74) is 0. The Balaban J connectivity index is 2.26. The fourth-order valence-corrected chi connectivity index (χ4v) is 3.51. The molecule has 0 aromatic heterocycles. The number of aliphatic carboxylic acids is 2. The molecule has 26 heavy (non-hydrogen) atoms. The van der Waals surface area contributed by atoms with Gasteiger partial charge in [0.2, 0.25) is 11.8 Å². The van der Waals surface area contributed by atoms with E-state index in [-0.39, 0.29) is 18.7 Å². The molecule has 9 nitrogen and oxygen atoms in total. The van der Waals surface area contributed by atoms with Crippen molar-refractivity contribution in [2.24, 2.45) is 0 Å². The van der Waals surface area contributed by atoms with Gasteiger partial charge in [-0.1, -0.05) is 18.4 Å². The number of carboxylic acids is 2. The first kappa shape index (κ1) is 22.2. The number of carbonyl (C=O) groups is 4. The Hall–Kier alpha value is -1.81. The number of nitrogens with one attached hydrogen (secondary N) is 3. The lowest BCUT2D eigenvalue weighted by atomic mass is 10.1. The average molecular weight is 389 g/mol. The normalized spacial score (nSPS) is 18.7. The molecule has 0 bridgehead atoms. The van der Waals surface area contributed by atoms with Crippen LogP contribution < -0.4 is 15.4 Å². The Bertz CT molecular complexity index is 510. The second-order valence-electron chi connectivity index (χ2n) is 6.29. The zero-order valence-corrected chi connectivity index (χ0v) is 15.6. The minimum absolute atomic E-state index is 0.217. The molecule has 2 amide bonds. The van der Waals surface area contributed by atoms with Gasteiger partial charge in [0.05, 0.1) is 0 Å². The Morgan fingerprint density at radius 3 is 2.46 bits per heavy atom. The molecule has 0 spiro atoms. The number of hydrogen-bond donors (Lipinski definition) is 5. The molecule has 10 heteroatoms. The van der Waals surface area contributed by atoms with Crippen molar-refractivity contribution in [3.8, 4) is 0 Å². The monoisotopic (exact) mass is 389 g/mol. The molecule has 1 fully saturated rings. The predicted molar refractivity (Wildman–Crippen MR) is 96.5 cm³/mol. The number of amides is 2. The first-order valence-electron chi connectivity index (χ1n) is 8.72. The van der Waals surface area contributed by atoms with Crippen LogP contribution >= 0.6 is 11.9 Å². The van der Waals surface area contributed by atoms with Crippen LogP contribution in [0, 0.1) is 0 Å². The Kier molecular flexibility index (Phi) is 10.0. The summed E-state index contributed by atoms with van der Waals surface area (Å²) in [7, 11) is 0. The van der Waals surface area contributed by atoms with E-state index in [2.05, 4.69) is 15.4 Å². The third-order valence-electron chi connectivity index (χ3n) is 4.03. The van der Waals surface area contributed by atoms with Crippen LogP contribution in [0.5, 0.6) is 0 Å². The second-order valence-corrected chi connectivity index (χ2v) is 7.48. The van der Waals surface area contributed by atoms with Gasteiger partial charge in [0.1, 0.15) is 12.1 Å². The largest absolute Gasteiger partial charge is 0.481 e. The molecule has 0 aromatic carbocycles. The van der Waals surface area contributed by atoms with Gasteiger partial charge in [-0.3, -0.25) is 19.1 Å². The van der Waals surface area contributed by atoms with Crippen LogP contribution in [0.25, 0.3) is 0 Å². The molecule has 0 aromatic rings. The molecule has 3 unspecified atom stereocenters. The third kappa shape index (κ3) is 9.04. The maximum Gasteiger partial charge on any atom is 0.326 e. The van der Waals surface area contributed by atoms with Gasteiger partial charge in [-0.25, -0.2) is 4.79 Å². The summed E-state index contributed by atoms with van der Waals surface area (Å²) in [4.78, 5) is 45.5. The minimum Gasteiger partial charge on any atom is -0.481 e. The average Bonchev–Trinajstić information content (AvgIpc) is 3.08. The molecule has 1 rings (SSSR count). The molecule has 3 atom stereocenters. The molecule has 0 saturated carbocycles. The van der Waals surface area contributed by atoms with Gasteiger partial charge >= 0.3 is 11.9 Å². The Labute approximate surface area is 156 Å². The van der Waals surface area contributed by atoms with Crippen LogP contribution in [0.15, 0.2) is 0 Å². The maximum absolute atomic E-state index is 12.0. The molecule has 1 aliphatic rings. The van der Waals surface area contributed by atoms with Gasteiger partial charge in [0, 0.05) is 24.6 Å². The van der Waals surface area contributed by atoms with Crippen LogP contribution in [0.2, 0.25) is 0 Å². The van der Waals surface area contributed by atoms with E-state index in [9.17, 15) is 19.2 Å². The van der Waals surface area contributed by atoms with Crippen molar-refractivity contribution in [3.05, 3.63) is 0 Å². The second kappa shape index (κ2) is 11.7. The Morgan fingerprint density at radius 2 is 1.88 bits per heavy atom. The summed E-state index contributed by atoms with van der Waals surface area (Å²) in [5, 5.41) is 23.0. The highest BCUT2D eigenvalue weighted by Gasteiger charge is 2.24. The van der Waals surface area contributed by atoms with Gasteiger partial charge in [-0.15, -0.1) is 0 Å². The summed E-state index contributed by atoms with van der Waals surface area (Å²) in [5.74, 6) is -3.36. The lowest BCUT2D eigenvalue weighted by Gasteiger charge is -2.18. The molecular formula is C16H27N3O6S. The summed E-state index contributed by atoms with van der Waals surface area (Å²) < 4.78 is 3.22. The number of carbonyl (C=O) groups excluding carboxylic acids is 2. The van der Waals surface area contributed by atoms with E-state index in [1.165, 1.54) is 6.92 Å². The molecule has 0 radical (unpaired) electrons. The van der Waals surface area contributed by atoms with E-state index in [0.29, 0.717) is 11.7 Å². The first-order valence-corrected chi connectivity index (χ1v) is 9.60. The number of hydrogen-bond acceptors (Lipinski definition) is 6. The van der Waals surface area contributed by atoms with Crippen molar-refractivity contribution in [1.82, 2.24) is 15.4 Å². The van der Waals surface area contributed by atoms with Crippen LogP contribution in [0.3, 0.4) is 0 Å². The zero-order chi connectivity index (χ0) is 19.5. The first-order chi connectivity index (χ1) is 12.3. The lowest BCUT2D eigenvalue weighted by Crippen LogP contribution is -2.50. The molecule has 148 valence electrons. The molecule has 1 heterocycles. The van der Waals surface area contributed by atoms with Crippen molar-refractivity contribution < 1.29 is 29.4 Å². The Morgan fingerprint density at radius 1 is 1.15 bits per heavy atom. The molecule has 1 aliphatic heterocycles. The molecule has 1 saturated heterocycles. The van der Waals surface area contributed by atoms with E-state index < -0.39 is 29.9 Å². The highest BCUT2D eigenvalue weighted by molar-refractivity contribution is 7.98. The topological polar surface area (TPSA) is 145 Å². The van der Waals surface area contributed by atoms with E-state index in [4.69, 9.17) is 10.2 Å². The minimum atomic E-state index is -1.31. The maximum atomic E-state index is 12.0. The molecule has 5 N–H and O–H groups in total. The van der Waals surface area contributed by atoms with E-state index in [0.717, 1.165) is 32.2 Å². The number of rotatable bonds is 12. The van der Waals surface area contributed by atoms with Gasteiger partial charge in [0.15, 0.2) is 0 Å². The number of carboxylic acid groups (broad SMARTS) is 2. The van der Waals surface area contributed by atoms with Crippen LogP contribution in [-0.2, 0) is 19.2 Å². The van der Waals surface area contributed by atoms with E-state index in [1.807, 2.05) is 0 Å². The third-order valence-corrected chi connectivity index (χ3v) is 5.21. The van der Waals surface area contributed by atoms with Crippen molar-refractivity contribution >= 4 is 35.7 Å². The highest BCUT2D eigenvalue weighted by Crippen LogP contribution is 2.22. The van der Waals surface area contributed by atoms with Crippen LogP contribution in [0.1, 0.15) is 51.9 Å². The van der Waals surface area contributed by atoms with Gasteiger partial charge in [-0.2, -0.15) is 0 Å². The van der Waals surface area contributed by atoms with Crippen LogP contribution in [0.4, 0.5) is 0 Å². The summed E-state index contributed by atoms with van der Waals surface area (Å²) in [6.45, 7) is 2.48. The smallest absolute Gasteiger partial charge is 0.326 e.